The predicted octanol–water partition coefficient (Wildman–Crippen LogP) is 4.59. The summed E-state index contributed by atoms with van der Waals surface area (Å²) in [4.78, 5) is 25.6. The first kappa shape index (κ1) is 22.5. The summed E-state index contributed by atoms with van der Waals surface area (Å²) in [5.74, 6) is -0.900. The van der Waals surface area contributed by atoms with Gasteiger partial charge in [-0.2, -0.15) is 5.10 Å². The number of carbonyl (C=O) groups is 2. The number of anilines is 1. The average molecular weight is 484 g/mol. The minimum absolute atomic E-state index is 0.0631. The normalized spacial score (nSPS) is 13.9. The van der Waals surface area contributed by atoms with Crippen LogP contribution in [0.4, 0.5) is 5.69 Å². The van der Waals surface area contributed by atoms with Crippen LogP contribution >= 0.6 is 0 Å². The number of rotatable bonds is 5. The van der Waals surface area contributed by atoms with Crippen molar-refractivity contribution in [1.82, 2.24) is 5.43 Å². The second-order valence-corrected chi connectivity index (χ2v) is 10.1. The highest BCUT2D eigenvalue weighted by Crippen LogP contribution is 2.31. The van der Waals surface area contributed by atoms with Gasteiger partial charge in [0.15, 0.2) is 0 Å². The van der Waals surface area contributed by atoms with Gasteiger partial charge in [0.05, 0.1) is 10.6 Å². The summed E-state index contributed by atoms with van der Waals surface area (Å²) in [6.45, 7) is 3.74. The lowest BCUT2D eigenvalue weighted by atomic mass is 10.1. The highest BCUT2D eigenvalue weighted by Gasteiger charge is 2.29. The van der Waals surface area contributed by atoms with E-state index < -0.39 is 15.9 Å². The zero-order valence-electron chi connectivity index (χ0n) is 19.0. The van der Waals surface area contributed by atoms with E-state index in [-0.39, 0.29) is 22.0 Å². The number of carbonyl (C=O) groups excluding carboxylic acids is 2. The van der Waals surface area contributed by atoms with Crippen LogP contribution in [0, 0.1) is 13.8 Å². The minimum Gasteiger partial charge on any atom is -0.287 e. The first-order valence-electron chi connectivity index (χ1n) is 10.9. The molecule has 0 bridgehead atoms. The van der Waals surface area contributed by atoms with E-state index in [1.807, 2.05) is 44.2 Å². The molecule has 0 aromatic heterocycles. The van der Waals surface area contributed by atoms with Crippen LogP contribution in [0.5, 0.6) is 0 Å². The fraction of sp³-hybridized carbons (Fsp3) is 0.0741. The average Bonchev–Trinajstić information content (AvgIpc) is 3.12. The lowest BCUT2D eigenvalue weighted by Gasteiger charge is -2.12. The number of hydrazone groups is 1. The molecule has 4 aromatic carbocycles. The molecule has 8 heteroatoms. The van der Waals surface area contributed by atoms with E-state index in [0.29, 0.717) is 16.8 Å². The molecule has 35 heavy (non-hydrogen) atoms. The fourth-order valence-corrected chi connectivity index (χ4v) is 5.37. The Bertz CT molecular complexity index is 1670. The maximum Gasteiger partial charge on any atom is 0.271 e. The first-order valence-corrected chi connectivity index (χ1v) is 12.4. The monoisotopic (exact) mass is 483 g/mol. The van der Waals surface area contributed by atoms with E-state index in [9.17, 15) is 18.0 Å². The van der Waals surface area contributed by atoms with Crippen molar-refractivity contribution in [2.45, 2.75) is 18.7 Å². The maximum atomic E-state index is 12.9. The molecule has 1 amide bonds. The molecular formula is C27H21N3O4S. The Hall–Kier alpha value is -4.30. The molecular weight excluding hydrogens is 462 g/mol. The Kier molecular flexibility index (Phi) is 5.45. The molecule has 0 spiro atoms. The van der Waals surface area contributed by atoms with Crippen LogP contribution in [0.2, 0.25) is 0 Å². The third kappa shape index (κ3) is 4.08. The summed E-state index contributed by atoms with van der Waals surface area (Å²) in [5, 5.41) is 5.82. The van der Waals surface area contributed by atoms with Crippen LogP contribution in [0.25, 0.3) is 10.8 Å². The van der Waals surface area contributed by atoms with Crippen molar-refractivity contribution in [3.63, 3.8) is 0 Å². The molecule has 4 aromatic rings. The van der Waals surface area contributed by atoms with Crippen LogP contribution < -0.4 is 10.1 Å². The summed E-state index contributed by atoms with van der Waals surface area (Å²) in [7, 11) is -3.93. The zero-order valence-corrected chi connectivity index (χ0v) is 19.8. The third-order valence-electron chi connectivity index (χ3n) is 5.92. The lowest BCUT2D eigenvalue weighted by molar-refractivity contribution is 0.0954. The Morgan fingerprint density at radius 3 is 2.31 bits per heavy atom. The van der Waals surface area contributed by atoms with Gasteiger partial charge < -0.3 is 0 Å². The second kappa shape index (κ2) is 8.48. The Morgan fingerprint density at radius 2 is 1.57 bits per heavy atom. The molecule has 1 aliphatic carbocycles. The molecule has 0 atom stereocenters. The summed E-state index contributed by atoms with van der Waals surface area (Å²) in [6, 6.07) is 22.0. The predicted molar refractivity (Wildman–Crippen MR) is 135 cm³/mol. The Labute approximate surface area is 202 Å². The summed E-state index contributed by atoms with van der Waals surface area (Å²) in [5.41, 5.74) is 6.11. The van der Waals surface area contributed by atoms with Crippen molar-refractivity contribution in [2.75, 3.05) is 4.72 Å². The number of nitrogens with zero attached hydrogens (tertiary/aromatic N) is 1. The second-order valence-electron chi connectivity index (χ2n) is 8.39. The van der Waals surface area contributed by atoms with Crippen molar-refractivity contribution in [3.05, 3.63) is 107 Å². The van der Waals surface area contributed by atoms with Gasteiger partial charge in [0, 0.05) is 22.1 Å². The van der Waals surface area contributed by atoms with Gasteiger partial charge in [-0.15, -0.1) is 0 Å². The van der Waals surface area contributed by atoms with E-state index in [0.717, 1.165) is 21.9 Å². The Morgan fingerprint density at radius 1 is 0.857 bits per heavy atom. The summed E-state index contributed by atoms with van der Waals surface area (Å²) in [6.07, 6.45) is 0. The van der Waals surface area contributed by atoms with Gasteiger partial charge in [0.1, 0.15) is 5.71 Å². The molecule has 0 heterocycles. The molecule has 174 valence electrons. The number of benzene rings is 4. The Balaban J connectivity index is 1.40. The zero-order chi connectivity index (χ0) is 24.7. The SMILES string of the molecule is Cc1ccc(NS(=O)(=O)c2cccc(C(=O)NN=C3C(=O)c4cccc5cccc3c45)c2)c(C)c1. The molecule has 0 aliphatic heterocycles. The summed E-state index contributed by atoms with van der Waals surface area (Å²) >= 11 is 0. The largest absolute Gasteiger partial charge is 0.287 e. The molecule has 1 aliphatic rings. The minimum atomic E-state index is -3.93. The molecule has 0 saturated carbocycles. The quantitative estimate of drug-likeness (QED) is 0.405. The third-order valence-corrected chi connectivity index (χ3v) is 7.28. The van der Waals surface area contributed by atoms with Gasteiger partial charge in [-0.1, -0.05) is 60.2 Å². The summed E-state index contributed by atoms with van der Waals surface area (Å²) < 4.78 is 28.4. The van der Waals surface area contributed by atoms with Crippen LogP contribution in [-0.4, -0.2) is 25.8 Å². The highest BCUT2D eigenvalue weighted by molar-refractivity contribution is 7.92. The number of Topliss-reactive ketones (excluding diaryl/α,β-unsaturated/α-hetero) is 1. The first-order chi connectivity index (χ1) is 16.7. The highest BCUT2D eigenvalue weighted by atomic mass is 32.2. The molecule has 5 rings (SSSR count). The van der Waals surface area contributed by atoms with Crippen LogP contribution in [0.15, 0.2) is 88.9 Å². The van der Waals surface area contributed by atoms with Gasteiger partial charge in [-0.3, -0.25) is 14.3 Å². The molecule has 0 radical (unpaired) electrons. The molecule has 0 unspecified atom stereocenters. The van der Waals surface area contributed by atoms with E-state index in [1.165, 1.54) is 24.3 Å². The van der Waals surface area contributed by atoms with Crippen LogP contribution in [0.3, 0.4) is 0 Å². The number of aryl methyl sites for hydroxylation is 2. The van der Waals surface area contributed by atoms with E-state index in [4.69, 9.17) is 0 Å². The van der Waals surface area contributed by atoms with Gasteiger partial charge in [0.25, 0.3) is 15.9 Å². The maximum absolute atomic E-state index is 12.9. The van der Waals surface area contributed by atoms with Crippen molar-refractivity contribution in [3.8, 4) is 0 Å². The molecule has 0 saturated heterocycles. The molecule has 7 nitrogen and oxygen atoms in total. The number of nitrogens with one attached hydrogen (secondary N) is 2. The van der Waals surface area contributed by atoms with Crippen molar-refractivity contribution in [1.29, 1.82) is 0 Å². The van der Waals surface area contributed by atoms with E-state index in [2.05, 4.69) is 15.2 Å². The van der Waals surface area contributed by atoms with Gasteiger partial charge in [-0.05, 0) is 49.1 Å². The van der Waals surface area contributed by atoms with Crippen LogP contribution in [0.1, 0.15) is 37.4 Å². The van der Waals surface area contributed by atoms with Crippen molar-refractivity contribution >= 4 is 43.9 Å². The van der Waals surface area contributed by atoms with E-state index in [1.54, 1.807) is 24.3 Å². The van der Waals surface area contributed by atoms with Crippen molar-refractivity contribution in [2.24, 2.45) is 5.10 Å². The smallest absolute Gasteiger partial charge is 0.271 e. The van der Waals surface area contributed by atoms with Gasteiger partial charge >= 0.3 is 0 Å². The van der Waals surface area contributed by atoms with E-state index >= 15 is 0 Å². The fourth-order valence-electron chi connectivity index (χ4n) is 4.20. The standard InChI is InChI=1S/C27H21N3O4S/c1-16-12-13-23(17(2)14-16)30-35(33,34)20-9-3-8-19(15-20)27(32)29-28-25-21-10-4-6-18-7-5-11-22(24(18)21)26(25)31/h3-15,30H,1-2H3,(H,29,32). The lowest BCUT2D eigenvalue weighted by Crippen LogP contribution is -2.22. The number of ketones is 1. The number of sulfonamides is 1. The van der Waals surface area contributed by atoms with Gasteiger partial charge in [-0.25, -0.2) is 13.8 Å². The topological polar surface area (TPSA) is 105 Å². The number of hydrogen-bond donors (Lipinski definition) is 2. The van der Waals surface area contributed by atoms with Crippen molar-refractivity contribution < 1.29 is 18.0 Å². The number of amides is 1. The number of hydrogen-bond acceptors (Lipinski definition) is 5. The van der Waals surface area contributed by atoms with Gasteiger partial charge in [0.2, 0.25) is 5.78 Å². The molecule has 0 fully saturated rings. The molecule has 2 N–H and O–H groups in total. The van der Waals surface area contributed by atoms with Crippen LogP contribution in [-0.2, 0) is 10.0 Å².